The first-order chi connectivity index (χ1) is 7.20. The molecule has 15 heavy (non-hydrogen) atoms. The van der Waals surface area contributed by atoms with Gasteiger partial charge in [-0.05, 0) is 41.9 Å². The summed E-state index contributed by atoms with van der Waals surface area (Å²) in [5, 5.41) is 0. The van der Waals surface area contributed by atoms with E-state index in [0.717, 1.165) is 16.1 Å². The molecule has 2 aromatic rings. The van der Waals surface area contributed by atoms with Crippen LogP contribution >= 0.6 is 15.9 Å². The van der Waals surface area contributed by atoms with Crippen LogP contribution in [0.1, 0.15) is 19.9 Å². The van der Waals surface area contributed by atoms with Crippen LogP contribution in [0.3, 0.4) is 0 Å². The molecule has 0 saturated heterocycles. The van der Waals surface area contributed by atoms with Gasteiger partial charge in [-0.2, -0.15) is 0 Å². The van der Waals surface area contributed by atoms with Gasteiger partial charge in [0, 0.05) is 12.2 Å². The fourth-order valence-corrected chi connectivity index (χ4v) is 2.24. The van der Waals surface area contributed by atoms with Crippen LogP contribution in [-0.4, -0.2) is 14.5 Å². The first kappa shape index (κ1) is 10.4. The summed E-state index contributed by atoms with van der Waals surface area (Å²) >= 11 is 3.44. The third kappa shape index (κ3) is 1.95. The van der Waals surface area contributed by atoms with Gasteiger partial charge in [0.25, 0.3) is 0 Å². The molecule has 0 aliphatic heterocycles. The summed E-state index contributed by atoms with van der Waals surface area (Å²) in [5.74, 6) is 0. The van der Waals surface area contributed by atoms with Crippen molar-refractivity contribution in [3.05, 3.63) is 35.3 Å². The number of rotatable bonds is 2. The highest BCUT2D eigenvalue weighted by atomic mass is 79.9. The predicted molar refractivity (Wildman–Crippen MR) is 63.5 cm³/mol. The quantitative estimate of drug-likeness (QED) is 0.835. The van der Waals surface area contributed by atoms with Crippen molar-refractivity contribution >= 4 is 15.9 Å². The molecule has 0 radical (unpaired) electrons. The Balaban J connectivity index is 2.54. The molecular formula is C11H12BrN3. The zero-order valence-corrected chi connectivity index (χ0v) is 10.3. The number of aromatic nitrogens is 3. The van der Waals surface area contributed by atoms with Gasteiger partial charge in [-0.15, -0.1) is 0 Å². The molecule has 0 N–H and O–H groups in total. The second-order valence-corrected chi connectivity index (χ2v) is 4.30. The van der Waals surface area contributed by atoms with Crippen molar-refractivity contribution in [2.45, 2.75) is 19.9 Å². The summed E-state index contributed by atoms with van der Waals surface area (Å²) in [5.41, 5.74) is 1.99. The zero-order chi connectivity index (χ0) is 10.8. The third-order valence-electron chi connectivity index (χ3n) is 2.20. The number of pyridine rings is 1. The standard InChI is InChI=1S/C11H12BrN3/c1-8(2)15-10(7-14-11(15)12)9-5-3-4-6-13-9/h3-8H,1-2H3. The summed E-state index contributed by atoms with van der Waals surface area (Å²) in [6.45, 7) is 4.25. The van der Waals surface area contributed by atoms with Crippen LogP contribution in [0.2, 0.25) is 0 Å². The second kappa shape index (κ2) is 4.14. The van der Waals surface area contributed by atoms with E-state index in [1.165, 1.54) is 0 Å². The van der Waals surface area contributed by atoms with E-state index in [-0.39, 0.29) is 0 Å². The number of halogens is 1. The van der Waals surface area contributed by atoms with Gasteiger partial charge in [-0.3, -0.25) is 4.98 Å². The Bertz CT molecular complexity index is 448. The molecule has 2 aromatic heterocycles. The van der Waals surface area contributed by atoms with Crippen molar-refractivity contribution in [1.82, 2.24) is 14.5 Å². The Morgan fingerprint density at radius 2 is 2.07 bits per heavy atom. The lowest BCUT2D eigenvalue weighted by Crippen LogP contribution is -2.03. The minimum Gasteiger partial charge on any atom is -0.315 e. The van der Waals surface area contributed by atoms with E-state index < -0.39 is 0 Å². The van der Waals surface area contributed by atoms with Gasteiger partial charge in [-0.25, -0.2) is 4.98 Å². The maximum absolute atomic E-state index is 4.32. The SMILES string of the molecule is CC(C)n1c(-c2ccccn2)cnc1Br. The monoisotopic (exact) mass is 265 g/mol. The molecule has 0 bridgehead atoms. The van der Waals surface area contributed by atoms with E-state index in [4.69, 9.17) is 0 Å². The molecule has 3 nitrogen and oxygen atoms in total. The van der Waals surface area contributed by atoms with Crippen LogP contribution in [0, 0.1) is 0 Å². The summed E-state index contributed by atoms with van der Waals surface area (Å²) in [6, 6.07) is 6.24. The molecule has 78 valence electrons. The van der Waals surface area contributed by atoms with E-state index in [1.807, 2.05) is 24.4 Å². The molecule has 0 unspecified atom stereocenters. The van der Waals surface area contributed by atoms with E-state index in [0.29, 0.717) is 6.04 Å². The van der Waals surface area contributed by atoms with E-state index in [9.17, 15) is 0 Å². The van der Waals surface area contributed by atoms with Gasteiger partial charge in [0.2, 0.25) is 0 Å². The Morgan fingerprint density at radius 3 is 2.67 bits per heavy atom. The van der Waals surface area contributed by atoms with Crippen molar-refractivity contribution in [3.8, 4) is 11.4 Å². The molecule has 0 saturated carbocycles. The highest BCUT2D eigenvalue weighted by Gasteiger charge is 2.12. The van der Waals surface area contributed by atoms with Gasteiger partial charge in [-0.1, -0.05) is 6.07 Å². The Labute approximate surface area is 97.3 Å². The van der Waals surface area contributed by atoms with Crippen LogP contribution in [0.15, 0.2) is 35.3 Å². The fraction of sp³-hybridized carbons (Fsp3) is 0.273. The minimum absolute atomic E-state index is 0.360. The van der Waals surface area contributed by atoms with Gasteiger partial charge < -0.3 is 4.57 Å². The highest BCUT2D eigenvalue weighted by molar-refractivity contribution is 9.10. The highest BCUT2D eigenvalue weighted by Crippen LogP contribution is 2.25. The molecule has 4 heteroatoms. The molecule has 0 spiro atoms. The Hall–Kier alpha value is -1.16. The maximum Gasteiger partial charge on any atom is 0.177 e. The summed E-state index contributed by atoms with van der Waals surface area (Å²) < 4.78 is 2.96. The molecule has 2 heterocycles. The first-order valence-electron chi connectivity index (χ1n) is 4.84. The van der Waals surface area contributed by atoms with Crippen LogP contribution in [0.25, 0.3) is 11.4 Å². The van der Waals surface area contributed by atoms with Crippen molar-refractivity contribution in [2.75, 3.05) is 0 Å². The number of imidazole rings is 1. The van der Waals surface area contributed by atoms with Gasteiger partial charge in [0.1, 0.15) is 0 Å². The summed E-state index contributed by atoms with van der Waals surface area (Å²) in [4.78, 5) is 8.58. The average Bonchev–Trinajstić information content (AvgIpc) is 2.61. The van der Waals surface area contributed by atoms with Crippen molar-refractivity contribution < 1.29 is 0 Å². The zero-order valence-electron chi connectivity index (χ0n) is 8.68. The molecule has 0 atom stereocenters. The molecule has 2 rings (SSSR count). The fourth-order valence-electron chi connectivity index (χ4n) is 1.53. The maximum atomic E-state index is 4.32. The smallest absolute Gasteiger partial charge is 0.177 e. The van der Waals surface area contributed by atoms with Crippen LogP contribution in [0.4, 0.5) is 0 Å². The van der Waals surface area contributed by atoms with Crippen molar-refractivity contribution in [3.63, 3.8) is 0 Å². The van der Waals surface area contributed by atoms with E-state index in [2.05, 4.69) is 44.3 Å². The topological polar surface area (TPSA) is 30.7 Å². The van der Waals surface area contributed by atoms with Crippen LogP contribution < -0.4 is 0 Å². The van der Waals surface area contributed by atoms with Crippen molar-refractivity contribution in [1.29, 1.82) is 0 Å². The van der Waals surface area contributed by atoms with Crippen LogP contribution in [-0.2, 0) is 0 Å². The van der Waals surface area contributed by atoms with Gasteiger partial charge in [0.15, 0.2) is 4.73 Å². The lowest BCUT2D eigenvalue weighted by atomic mass is 10.2. The molecule has 0 fully saturated rings. The van der Waals surface area contributed by atoms with Crippen molar-refractivity contribution in [2.24, 2.45) is 0 Å². The normalized spacial score (nSPS) is 10.9. The third-order valence-corrected chi connectivity index (χ3v) is 2.78. The molecule has 0 aromatic carbocycles. The lowest BCUT2D eigenvalue weighted by Gasteiger charge is -2.12. The number of hydrogen-bond acceptors (Lipinski definition) is 2. The molecule has 0 amide bonds. The summed E-state index contributed by atoms with van der Waals surface area (Å²) in [6.07, 6.45) is 3.63. The molecular weight excluding hydrogens is 254 g/mol. The van der Waals surface area contributed by atoms with Gasteiger partial charge >= 0.3 is 0 Å². The largest absolute Gasteiger partial charge is 0.315 e. The predicted octanol–water partition coefficient (Wildman–Crippen LogP) is 3.29. The van der Waals surface area contributed by atoms with E-state index in [1.54, 1.807) is 6.20 Å². The first-order valence-corrected chi connectivity index (χ1v) is 5.63. The van der Waals surface area contributed by atoms with E-state index >= 15 is 0 Å². The van der Waals surface area contributed by atoms with Gasteiger partial charge in [0.05, 0.1) is 17.6 Å². The number of nitrogens with zero attached hydrogens (tertiary/aromatic N) is 3. The average molecular weight is 266 g/mol. The molecule has 0 aliphatic carbocycles. The van der Waals surface area contributed by atoms with Crippen LogP contribution in [0.5, 0.6) is 0 Å². The summed E-state index contributed by atoms with van der Waals surface area (Å²) in [7, 11) is 0. The number of hydrogen-bond donors (Lipinski definition) is 0. The minimum atomic E-state index is 0.360. The Morgan fingerprint density at radius 1 is 1.27 bits per heavy atom. The second-order valence-electron chi connectivity index (χ2n) is 3.59. The molecule has 0 aliphatic rings. The lowest BCUT2D eigenvalue weighted by molar-refractivity contribution is 0.592. The Kier molecular flexibility index (Phi) is 2.86.